The van der Waals surface area contributed by atoms with Crippen LogP contribution in [-0.4, -0.2) is 37.7 Å². The van der Waals surface area contributed by atoms with E-state index in [1.807, 2.05) is 0 Å². The number of aromatic nitrogens is 2. The fraction of sp³-hybridized carbons (Fsp3) is 0.273. The van der Waals surface area contributed by atoms with E-state index in [1.165, 1.54) is 6.21 Å². The Hall–Kier alpha value is -2.68. The number of benzene rings is 1. The number of urea groups is 1. The second-order valence-corrected chi connectivity index (χ2v) is 3.80. The fourth-order valence-corrected chi connectivity index (χ4v) is 1.44. The van der Waals surface area contributed by atoms with Crippen LogP contribution in [0.15, 0.2) is 27.9 Å². The Bertz CT molecular complexity index is 624. The number of fused-ring (bicyclic) bond motifs is 1. The summed E-state index contributed by atoms with van der Waals surface area (Å²) in [6, 6.07) is 4.39. The lowest BCUT2D eigenvalue weighted by atomic mass is 10.2. The first-order valence-electron chi connectivity index (χ1n) is 5.76. The first-order chi connectivity index (χ1) is 9.70. The van der Waals surface area contributed by atoms with E-state index in [1.54, 1.807) is 25.3 Å². The van der Waals surface area contributed by atoms with Crippen LogP contribution >= 0.6 is 0 Å². The first-order valence-corrected chi connectivity index (χ1v) is 5.76. The van der Waals surface area contributed by atoms with E-state index in [-0.39, 0.29) is 0 Å². The summed E-state index contributed by atoms with van der Waals surface area (Å²) in [5.74, 6) is 0. The number of hydrogen-bond donors (Lipinski definition) is 2. The van der Waals surface area contributed by atoms with Gasteiger partial charge in [0.25, 0.3) is 0 Å². The molecule has 1 aromatic heterocycles. The molecule has 2 amide bonds. The van der Waals surface area contributed by atoms with Gasteiger partial charge in [0.05, 0.1) is 12.8 Å². The van der Waals surface area contributed by atoms with E-state index in [0.29, 0.717) is 34.7 Å². The summed E-state index contributed by atoms with van der Waals surface area (Å²) in [6.07, 6.45) is 1.43. The second kappa shape index (κ2) is 6.48. The molecule has 9 nitrogen and oxygen atoms in total. The molecule has 0 unspecified atom stereocenters. The van der Waals surface area contributed by atoms with Gasteiger partial charge in [-0.15, -0.1) is 0 Å². The highest BCUT2D eigenvalue weighted by Gasteiger charge is 2.08. The van der Waals surface area contributed by atoms with E-state index >= 15 is 0 Å². The van der Waals surface area contributed by atoms with E-state index in [9.17, 15) is 10.0 Å². The van der Waals surface area contributed by atoms with E-state index in [2.05, 4.69) is 25.6 Å². The topological polar surface area (TPSA) is 116 Å². The zero-order valence-corrected chi connectivity index (χ0v) is 10.7. The summed E-state index contributed by atoms with van der Waals surface area (Å²) in [5, 5.41) is 21.0. The molecule has 0 aliphatic heterocycles. The number of hydrazone groups is 1. The number of rotatable bonds is 5. The van der Waals surface area contributed by atoms with Crippen molar-refractivity contribution in [2.45, 2.75) is 0 Å². The molecular weight excluding hydrogens is 266 g/mol. The molecule has 106 valence electrons. The minimum absolute atomic E-state index is 0.317. The van der Waals surface area contributed by atoms with Gasteiger partial charge in [-0.1, -0.05) is 0 Å². The number of methoxy groups -OCH3 is 1. The standard InChI is InChI=1S/C11H13N5O4/c1-19-5-4-12-11(17)14-13-7-8-2-3-10-9(6-8)15-20-16(10)18/h2-3,6-7H,4-5H2,1H3,(H2,12,14,17)/b13-7+. The van der Waals surface area contributed by atoms with Crippen molar-refractivity contribution in [1.29, 1.82) is 0 Å². The van der Waals surface area contributed by atoms with E-state index in [0.717, 1.165) is 0 Å². The van der Waals surface area contributed by atoms with Gasteiger partial charge in [0.1, 0.15) is 0 Å². The highest BCUT2D eigenvalue weighted by atomic mass is 16.8. The normalized spacial score (nSPS) is 11.1. The van der Waals surface area contributed by atoms with Crippen LogP contribution in [0.1, 0.15) is 5.56 Å². The highest BCUT2D eigenvalue weighted by molar-refractivity contribution is 5.86. The van der Waals surface area contributed by atoms with Crippen LogP contribution in [0.25, 0.3) is 11.0 Å². The Morgan fingerprint density at radius 1 is 1.65 bits per heavy atom. The zero-order chi connectivity index (χ0) is 14.4. The summed E-state index contributed by atoms with van der Waals surface area (Å²) in [6.45, 7) is 0.821. The van der Waals surface area contributed by atoms with Crippen molar-refractivity contribution in [3.63, 3.8) is 0 Å². The largest absolute Gasteiger partial charge is 0.383 e. The number of nitrogens with zero attached hydrogens (tertiary/aromatic N) is 3. The van der Waals surface area contributed by atoms with Crippen molar-refractivity contribution < 1.29 is 19.1 Å². The number of ether oxygens (including phenoxy) is 1. The monoisotopic (exact) mass is 279 g/mol. The fourth-order valence-electron chi connectivity index (χ4n) is 1.44. The predicted molar refractivity (Wildman–Crippen MR) is 69.0 cm³/mol. The molecule has 9 heteroatoms. The molecule has 2 aromatic rings. The molecule has 0 aliphatic rings. The molecule has 0 aliphatic carbocycles. The van der Waals surface area contributed by atoms with Crippen molar-refractivity contribution in [3.05, 3.63) is 29.0 Å². The van der Waals surface area contributed by atoms with Gasteiger partial charge in [0, 0.05) is 24.9 Å². The lowest BCUT2D eigenvalue weighted by molar-refractivity contribution is -0.782. The molecule has 0 bridgehead atoms. The molecule has 0 saturated heterocycles. The third-order valence-electron chi connectivity index (χ3n) is 2.38. The van der Waals surface area contributed by atoms with Gasteiger partial charge in [-0.2, -0.15) is 5.10 Å². The molecule has 0 radical (unpaired) electrons. The van der Waals surface area contributed by atoms with Crippen molar-refractivity contribution in [2.75, 3.05) is 20.3 Å². The summed E-state index contributed by atoms with van der Waals surface area (Å²) in [4.78, 5) is 11.6. The van der Waals surface area contributed by atoms with Crippen LogP contribution in [0.5, 0.6) is 0 Å². The van der Waals surface area contributed by atoms with Crippen molar-refractivity contribution in [2.24, 2.45) is 5.10 Å². The second-order valence-electron chi connectivity index (χ2n) is 3.80. The number of hydrogen-bond acceptors (Lipinski definition) is 6. The van der Waals surface area contributed by atoms with Gasteiger partial charge in [-0.05, 0) is 22.6 Å². The molecule has 20 heavy (non-hydrogen) atoms. The smallest absolute Gasteiger partial charge is 0.335 e. The molecule has 0 spiro atoms. The van der Waals surface area contributed by atoms with Crippen molar-refractivity contribution >= 4 is 23.3 Å². The van der Waals surface area contributed by atoms with Crippen LogP contribution in [-0.2, 0) is 4.74 Å². The van der Waals surface area contributed by atoms with Gasteiger partial charge >= 0.3 is 6.03 Å². The number of nitrogens with one attached hydrogen (secondary N) is 2. The minimum Gasteiger partial charge on any atom is -0.383 e. The highest BCUT2D eigenvalue weighted by Crippen LogP contribution is 2.08. The van der Waals surface area contributed by atoms with Crippen LogP contribution in [0.2, 0.25) is 0 Å². The summed E-state index contributed by atoms with van der Waals surface area (Å²) >= 11 is 0. The maximum Gasteiger partial charge on any atom is 0.335 e. The van der Waals surface area contributed by atoms with Gasteiger partial charge < -0.3 is 15.3 Å². The molecular formula is C11H13N5O4. The maximum atomic E-state index is 11.3. The Balaban J connectivity index is 1.91. The average molecular weight is 279 g/mol. The molecule has 0 fully saturated rings. The molecule has 2 rings (SSSR count). The van der Waals surface area contributed by atoms with E-state index < -0.39 is 6.03 Å². The first kappa shape index (κ1) is 13.7. The third-order valence-corrected chi connectivity index (χ3v) is 2.38. The zero-order valence-electron chi connectivity index (χ0n) is 10.7. The molecule has 1 aromatic carbocycles. The quantitative estimate of drug-likeness (QED) is 0.338. The lowest BCUT2D eigenvalue weighted by Gasteiger charge is -2.02. The van der Waals surface area contributed by atoms with Crippen LogP contribution in [0.4, 0.5) is 4.79 Å². The number of carbonyl (C=O) groups is 1. The summed E-state index contributed by atoms with van der Waals surface area (Å²) < 4.78 is 9.23. The molecule has 1 heterocycles. The lowest BCUT2D eigenvalue weighted by Crippen LogP contribution is -2.34. The van der Waals surface area contributed by atoms with E-state index in [4.69, 9.17) is 4.74 Å². The van der Waals surface area contributed by atoms with Crippen molar-refractivity contribution in [3.8, 4) is 0 Å². The third kappa shape index (κ3) is 3.42. The van der Waals surface area contributed by atoms with Gasteiger partial charge in [0.15, 0.2) is 0 Å². The predicted octanol–water partition coefficient (Wildman–Crippen LogP) is -0.259. The Morgan fingerprint density at radius 2 is 2.50 bits per heavy atom. The van der Waals surface area contributed by atoms with Gasteiger partial charge in [0.2, 0.25) is 11.0 Å². The van der Waals surface area contributed by atoms with Crippen LogP contribution in [0.3, 0.4) is 0 Å². The molecule has 0 atom stereocenters. The number of carbonyl (C=O) groups excluding carboxylic acids is 1. The summed E-state index contributed by atoms with van der Waals surface area (Å²) in [7, 11) is 1.55. The maximum absolute atomic E-state index is 11.3. The van der Waals surface area contributed by atoms with Gasteiger partial charge in [-0.3, -0.25) is 4.63 Å². The summed E-state index contributed by atoms with van der Waals surface area (Å²) in [5.41, 5.74) is 3.70. The molecule has 2 N–H and O–H groups in total. The average Bonchev–Trinajstić information content (AvgIpc) is 2.80. The number of amides is 2. The molecule has 0 saturated carbocycles. The van der Waals surface area contributed by atoms with Crippen molar-refractivity contribution in [1.82, 2.24) is 15.9 Å². The van der Waals surface area contributed by atoms with Crippen LogP contribution in [0, 0.1) is 5.21 Å². The van der Waals surface area contributed by atoms with Crippen LogP contribution < -0.4 is 15.6 Å². The Kier molecular flexibility index (Phi) is 4.45. The SMILES string of the molecule is COCCNC(=O)N/N=C/c1ccc2c(c1)no[n+]2[O-]. The Morgan fingerprint density at radius 3 is 3.30 bits per heavy atom. The minimum atomic E-state index is -0.432. The Labute approximate surface area is 113 Å². The van der Waals surface area contributed by atoms with Gasteiger partial charge in [-0.25, -0.2) is 10.2 Å².